The number of alkyl halides is 2. The molecule has 56 heavy (non-hydrogen) atoms. The number of nitrogens with zero attached hydrogens (tertiary/aromatic N) is 10. The summed E-state index contributed by atoms with van der Waals surface area (Å²) in [6.45, 7) is 6.30. The van der Waals surface area contributed by atoms with Crippen LogP contribution in [0.5, 0.6) is 0 Å². The molecule has 2 N–H and O–H groups in total. The second-order valence-corrected chi connectivity index (χ2v) is 13.4. The number of halogens is 4. The molecule has 1 atom stereocenters. The van der Waals surface area contributed by atoms with Crippen LogP contribution in [0, 0.1) is 39.3 Å². The Morgan fingerprint density at radius 3 is 2.11 bits per heavy atom. The van der Waals surface area contributed by atoms with Crippen LogP contribution in [0.3, 0.4) is 0 Å². The van der Waals surface area contributed by atoms with Crippen LogP contribution in [-0.2, 0) is 13.1 Å². The molecule has 8 aromatic heterocycles. The third-order valence-corrected chi connectivity index (χ3v) is 9.30. The summed E-state index contributed by atoms with van der Waals surface area (Å²) in [6, 6.07) is 11.1. The third kappa shape index (κ3) is 6.96. The van der Waals surface area contributed by atoms with Crippen molar-refractivity contribution in [2.45, 2.75) is 47.0 Å². The van der Waals surface area contributed by atoms with Crippen molar-refractivity contribution >= 4 is 44.8 Å². The number of fused-ring (bicyclic) bond motifs is 2. The standard InChI is InChI=1S/C40H34F4N12/c1-21-17-48-33(15-30(21)52-28-7-10-46-35-20-55(12-9-41)54-38(28)35)39-36(44)25(13-24(4)51-39)27(43)19-56-40-29(8-11-45-34(40)18-49-56)53-31-14-32(47-16-22(31)2)37-26(42)6-5-23(3)50-37/h5-8,10-11,13-18,20,27H,9,12,19H2,1-4H3,(H,48,52)(H,45,47,53). The van der Waals surface area contributed by atoms with Crippen LogP contribution in [-0.4, -0.2) is 56.1 Å². The monoisotopic (exact) mass is 758 g/mol. The van der Waals surface area contributed by atoms with Gasteiger partial charge in [-0.3, -0.25) is 29.3 Å². The predicted octanol–water partition coefficient (Wildman–Crippen LogP) is 8.77. The molecule has 8 rings (SSSR count). The topological polar surface area (TPSA) is 137 Å². The first-order valence-corrected chi connectivity index (χ1v) is 17.7. The van der Waals surface area contributed by atoms with Crippen molar-refractivity contribution in [3.05, 3.63) is 119 Å². The van der Waals surface area contributed by atoms with E-state index in [9.17, 15) is 8.78 Å². The van der Waals surface area contributed by atoms with Gasteiger partial charge in [0.1, 0.15) is 46.3 Å². The van der Waals surface area contributed by atoms with E-state index in [0.717, 1.165) is 11.1 Å². The summed E-state index contributed by atoms with van der Waals surface area (Å²) in [5.74, 6) is -1.36. The summed E-state index contributed by atoms with van der Waals surface area (Å²) >= 11 is 0. The molecule has 0 aromatic carbocycles. The summed E-state index contributed by atoms with van der Waals surface area (Å²) in [5, 5.41) is 15.5. The van der Waals surface area contributed by atoms with E-state index in [1.807, 2.05) is 13.8 Å². The number of nitrogens with one attached hydrogen (secondary N) is 2. The molecule has 0 saturated carbocycles. The Hall–Kier alpha value is -6.84. The Kier molecular flexibility index (Phi) is 9.53. The van der Waals surface area contributed by atoms with E-state index in [2.05, 4.69) is 50.7 Å². The fourth-order valence-corrected chi connectivity index (χ4v) is 6.44. The molecule has 12 nitrogen and oxygen atoms in total. The van der Waals surface area contributed by atoms with E-state index >= 15 is 8.78 Å². The first-order valence-electron chi connectivity index (χ1n) is 17.7. The molecule has 0 fully saturated rings. The van der Waals surface area contributed by atoms with Crippen LogP contribution >= 0.6 is 0 Å². The zero-order valence-corrected chi connectivity index (χ0v) is 30.7. The van der Waals surface area contributed by atoms with Crippen molar-refractivity contribution in [2.24, 2.45) is 0 Å². The van der Waals surface area contributed by atoms with Gasteiger partial charge in [0.25, 0.3) is 0 Å². The molecule has 0 aliphatic rings. The van der Waals surface area contributed by atoms with Crippen LogP contribution in [0.25, 0.3) is 44.8 Å². The average Bonchev–Trinajstić information content (AvgIpc) is 3.80. The molecule has 8 aromatic rings. The quantitative estimate of drug-likeness (QED) is 0.123. The van der Waals surface area contributed by atoms with Crippen LogP contribution in [0.4, 0.5) is 40.3 Å². The SMILES string of the molecule is Cc1ccc(F)c(-c2cc(Nc3ccnc4cnn(CC(F)c5cc(C)nc(-c6cc(Nc7ccnc8cn(CCF)nc78)c(C)cn6)c5F)c34)c(C)cn2)n1. The van der Waals surface area contributed by atoms with Crippen molar-refractivity contribution < 1.29 is 17.6 Å². The molecule has 0 bridgehead atoms. The lowest BCUT2D eigenvalue weighted by Gasteiger charge is -2.16. The number of hydrogen-bond acceptors (Lipinski definition) is 10. The highest BCUT2D eigenvalue weighted by atomic mass is 19.1. The fourth-order valence-electron chi connectivity index (χ4n) is 6.44. The number of hydrogen-bond donors (Lipinski definition) is 2. The van der Waals surface area contributed by atoms with E-state index in [1.54, 1.807) is 75.2 Å². The van der Waals surface area contributed by atoms with Gasteiger partial charge in [0, 0.05) is 53.1 Å². The van der Waals surface area contributed by atoms with Gasteiger partial charge in [0.05, 0.1) is 48.2 Å². The zero-order chi connectivity index (χ0) is 39.1. The normalized spacial score (nSPS) is 12.1. The number of aromatic nitrogens is 10. The molecule has 0 aliphatic heterocycles. The van der Waals surface area contributed by atoms with Crippen molar-refractivity contribution in [2.75, 3.05) is 17.3 Å². The summed E-state index contributed by atoms with van der Waals surface area (Å²) in [4.78, 5) is 26.3. The maximum atomic E-state index is 16.4. The highest BCUT2D eigenvalue weighted by molar-refractivity contribution is 5.91. The van der Waals surface area contributed by atoms with Gasteiger partial charge in [0.15, 0.2) is 11.6 Å². The van der Waals surface area contributed by atoms with Crippen LogP contribution < -0.4 is 10.6 Å². The molecule has 16 heteroatoms. The summed E-state index contributed by atoms with van der Waals surface area (Å²) < 4.78 is 63.5. The second kappa shape index (κ2) is 14.8. The minimum Gasteiger partial charge on any atom is -0.353 e. The van der Waals surface area contributed by atoms with Crippen molar-refractivity contribution in [3.63, 3.8) is 0 Å². The Bertz CT molecular complexity index is 2760. The van der Waals surface area contributed by atoms with E-state index in [1.165, 1.54) is 27.7 Å². The predicted molar refractivity (Wildman–Crippen MR) is 205 cm³/mol. The Morgan fingerprint density at radius 2 is 1.38 bits per heavy atom. The maximum Gasteiger partial charge on any atom is 0.157 e. The van der Waals surface area contributed by atoms with Gasteiger partial charge in [0.2, 0.25) is 0 Å². The highest BCUT2D eigenvalue weighted by Gasteiger charge is 2.24. The van der Waals surface area contributed by atoms with E-state index in [4.69, 9.17) is 0 Å². The lowest BCUT2D eigenvalue weighted by molar-refractivity contribution is 0.287. The Balaban J connectivity index is 1.09. The molecule has 0 amide bonds. The van der Waals surface area contributed by atoms with E-state index < -0.39 is 24.5 Å². The highest BCUT2D eigenvalue weighted by Crippen LogP contribution is 2.35. The molecule has 0 saturated heterocycles. The Morgan fingerprint density at radius 1 is 0.714 bits per heavy atom. The molecule has 0 radical (unpaired) electrons. The third-order valence-electron chi connectivity index (χ3n) is 9.30. The number of aryl methyl sites for hydroxylation is 5. The van der Waals surface area contributed by atoms with E-state index in [-0.39, 0.29) is 35.7 Å². The van der Waals surface area contributed by atoms with Crippen LogP contribution in [0.2, 0.25) is 0 Å². The lowest BCUT2D eigenvalue weighted by atomic mass is 10.1. The molecule has 1 unspecified atom stereocenters. The average molecular weight is 759 g/mol. The Labute approximate surface area is 317 Å². The zero-order valence-electron chi connectivity index (χ0n) is 30.7. The fraction of sp³-hybridized carbons (Fsp3) is 0.200. The largest absolute Gasteiger partial charge is 0.353 e. The van der Waals surface area contributed by atoms with Gasteiger partial charge >= 0.3 is 0 Å². The van der Waals surface area contributed by atoms with Gasteiger partial charge < -0.3 is 10.6 Å². The van der Waals surface area contributed by atoms with Gasteiger partial charge in [-0.25, -0.2) is 27.5 Å². The minimum atomic E-state index is -1.84. The first-order chi connectivity index (χ1) is 27.1. The van der Waals surface area contributed by atoms with Crippen molar-refractivity contribution in [3.8, 4) is 22.8 Å². The number of pyridine rings is 6. The van der Waals surface area contributed by atoms with Crippen molar-refractivity contribution in [1.82, 2.24) is 49.5 Å². The summed E-state index contributed by atoms with van der Waals surface area (Å²) in [6.07, 6.45) is 7.73. The van der Waals surface area contributed by atoms with Gasteiger partial charge in [-0.05, 0) is 81.3 Å². The van der Waals surface area contributed by atoms with Crippen LogP contribution in [0.1, 0.15) is 34.2 Å². The minimum absolute atomic E-state index is 0.0956. The molecular formula is C40H34F4N12. The maximum absolute atomic E-state index is 16.4. The molecular weight excluding hydrogens is 725 g/mol. The molecule has 8 heterocycles. The first kappa shape index (κ1) is 36.2. The number of anilines is 4. The smallest absolute Gasteiger partial charge is 0.157 e. The van der Waals surface area contributed by atoms with E-state index in [0.29, 0.717) is 61.9 Å². The van der Waals surface area contributed by atoms with Gasteiger partial charge in [-0.15, -0.1) is 0 Å². The second-order valence-electron chi connectivity index (χ2n) is 13.4. The molecule has 0 spiro atoms. The summed E-state index contributed by atoms with van der Waals surface area (Å²) in [5.41, 5.74) is 7.34. The lowest BCUT2D eigenvalue weighted by Crippen LogP contribution is -2.11. The van der Waals surface area contributed by atoms with Gasteiger partial charge in [-0.2, -0.15) is 10.2 Å². The molecule has 0 aliphatic carbocycles. The number of rotatable bonds is 11. The van der Waals surface area contributed by atoms with Gasteiger partial charge in [-0.1, -0.05) is 0 Å². The van der Waals surface area contributed by atoms with Crippen molar-refractivity contribution in [1.29, 1.82) is 0 Å². The molecule has 282 valence electrons. The summed E-state index contributed by atoms with van der Waals surface area (Å²) in [7, 11) is 0. The van der Waals surface area contributed by atoms with Crippen LogP contribution in [0.15, 0.2) is 79.6 Å².